The lowest BCUT2D eigenvalue weighted by molar-refractivity contribution is -0.122. The number of rotatable bonds is 5. The molecule has 1 atom stereocenters. The lowest BCUT2D eigenvalue weighted by Gasteiger charge is -2.28. The third-order valence-corrected chi connectivity index (χ3v) is 4.20. The first-order valence-electron chi connectivity index (χ1n) is 8.56. The Morgan fingerprint density at radius 3 is 2.72 bits per heavy atom. The highest BCUT2D eigenvalue weighted by Gasteiger charge is 2.16. The van der Waals surface area contributed by atoms with Crippen molar-refractivity contribution in [3.63, 3.8) is 0 Å². The van der Waals surface area contributed by atoms with Gasteiger partial charge in [0.1, 0.15) is 17.4 Å². The number of aromatic nitrogens is 1. The zero-order valence-corrected chi connectivity index (χ0v) is 14.2. The number of amides is 1. The summed E-state index contributed by atoms with van der Waals surface area (Å²) in [6.45, 7) is 3.71. The van der Waals surface area contributed by atoms with Crippen LogP contribution in [-0.4, -0.2) is 30.1 Å². The molecular formula is C19H22FN3O2. The number of hydrogen-bond donors (Lipinski definition) is 1. The Labute approximate surface area is 146 Å². The standard InChI is InChI=1S/C19H22FN3O2/c1-14(25-17-7-5-6-15(20)12-17)19(24)22-18-9-8-16(13-21-18)23-10-3-2-4-11-23/h5-9,12-14H,2-4,10-11H2,1H3,(H,21,22,24). The molecule has 1 fully saturated rings. The molecule has 1 unspecified atom stereocenters. The van der Waals surface area contributed by atoms with Gasteiger partial charge in [-0.2, -0.15) is 0 Å². The van der Waals surface area contributed by atoms with Crippen molar-refractivity contribution >= 4 is 17.4 Å². The quantitative estimate of drug-likeness (QED) is 0.901. The summed E-state index contributed by atoms with van der Waals surface area (Å²) in [4.78, 5) is 18.8. The second kappa shape index (κ2) is 7.96. The highest BCUT2D eigenvalue weighted by atomic mass is 19.1. The summed E-state index contributed by atoms with van der Waals surface area (Å²) in [5.74, 6) is 0.0547. The second-order valence-corrected chi connectivity index (χ2v) is 6.16. The van der Waals surface area contributed by atoms with Crippen molar-refractivity contribution in [3.05, 3.63) is 48.4 Å². The second-order valence-electron chi connectivity index (χ2n) is 6.16. The van der Waals surface area contributed by atoms with Gasteiger partial charge in [0, 0.05) is 19.2 Å². The van der Waals surface area contributed by atoms with Crippen LogP contribution in [0.1, 0.15) is 26.2 Å². The molecule has 1 aromatic carbocycles. The number of halogens is 1. The van der Waals surface area contributed by atoms with Crippen molar-refractivity contribution in [1.29, 1.82) is 0 Å². The SMILES string of the molecule is CC(Oc1cccc(F)c1)C(=O)Nc1ccc(N2CCCCC2)cn1. The summed E-state index contributed by atoms with van der Waals surface area (Å²) in [5.41, 5.74) is 1.07. The van der Waals surface area contributed by atoms with Crippen LogP contribution in [0.15, 0.2) is 42.6 Å². The summed E-state index contributed by atoms with van der Waals surface area (Å²) >= 11 is 0. The Bertz CT molecular complexity index is 715. The zero-order valence-electron chi connectivity index (χ0n) is 14.2. The Morgan fingerprint density at radius 2 is 2.04 bits per heavy atom. The summed E-state index contributed by atoms with van der Waals surface area (Å²) < 4.78 is 18.6. The number of nitrogens with one attached hydrogen (secondary N) is 1. The maximum absolute atomic E-state index is 13.2. The van der Waals surface area contributed by atoms with Crippen LogP contribution in [0.4, 0.5) is 15.9 Å². The number of carbonyl (C=O) groups is 1. The van der Waals surface area contributed by atoms with E-state index in [4.69, 9.17) is 4.74 Å². The number of piperidine rings is 1. The molecular weight excluding hydrogens is 321 g/mol. The first-order valence-corrected chi connectivity index (χ1v) is 8.56. The van der Waals surface area contributed by atoms with Crippen LogP contribution in [0.2, 0.25) is 0 Å². The fourth-order valence-electron chi connectivity index (χ4n) is 2.82. The van der Waals surface area contributed by atoms with Gasteiger partial charge in [0.05, 0.1) is 11.9 Å². The molecule has 132 valence electrons. The van der Waals surface area contributed by atoms with Gasteiger partial charge in [0.2, 0.25) is 0 Å². The first-order chi connectivity index (χ1) is 12.1. The third kappa shape index (κ3) is 4.68. The van der Waals surface area contributed by atoms with Crippen molar-refractivity contribution in [2.45, 2.75) is 32.3 Å². The minimum atomic E-state index is -0.759. The highest BCUT2D eigenvalue weighted by Crippen LogP contribution is 2.20. The molecule has 0 radical (unpaired) electrons. The van der Waals surface area contributed by atoms with Crippen LogP contribution in [-0.2, 0) is 4.79 Å². The Morgan fingerprint density at radius 1 is 1.24 bits per heavy atom. The first kappa shape index (κ1) is 17.2. The predicted octanol–water partition coefficient (Wildman–Crippen LogP) is 3.62. The van der Waals surface area contributed by atoms with Gasteiger partial charge in [-0.15, -0.1) is 0 Å². The molecule has 1 amide bonds. The fourth-order valence-corrected chi connectivity index (χ4v) is 2.82. The molecule has 2 heterocycles. The number of benzene rings is 1. The monoisotopic (exact) mass is 343 g/mol. The molecule has 0 bridgehead atoms. The smallest absolute Gasteiger partial charge is 0.266 e. The number of carbonyl (C=O) groups excluding carboxylic acids is 1. The van der Waals surface area contributed by atoms with Gasteiger partial charge in [0.15, 0.2) is 6.10 Å². The summed E-state index contributed by atoms with van der Waals surface area (Å²) in [5, 5.41) is 2.72. The van der Waals surface area contributed by atoms with Gasteiger partial charge in [-0.1, -0.05) is 6.07 Å². The maximum Gasteiger partial charge on any atom is 0.266 e. The molecule has 6 heteroatoms. The van der Waals surface area contributed by atoms with E-state index in [0.29, 0.717) is 11.6 Å². The van der Waals surface area contributed by atoms with Gasteiger partial charge in [0.25, 0.3) is 5.91 Å². The van der Waals surface area contributed by atoms with Gasteiger partial charge in [-0.25, -0.2) is 9.37 Å². The minimum Gasteiger partial charge on any atom is -0.481 e. The maximum atomic E-state index is 13.2. The fraction of sp³-hybridized carbons (Fsp3) is 0.368. The van der Waals surface area contributed by atoms with Crippen molar-refractivity contribution in [2.24, 2.45) is 0 Å². The Kier molecular flexibility index (Phi) is 5.48. The molecule has 1 N–H and O–H groups in total. The molecule has 0 spiro atoms. The van der Waals surface area contributed by atoms with Crippen LogP contribution in [0.5, 0.6) is 5.75 Å². The molecule has 3 rings (SSSR count). The molecule has 25 heavy (non-hydrogen) atoms. The van der Waals surface area contributed by atoms with E-state index in [1.807, 2.05) is 6.07 Å². The lowest BCUT2D eigenvalue weighted by Crippen LogP contribution is -2.31. The van der Waals surface area contributed by atoms with Crippen LogP contribution < -0.4 is 15.0 Å². The minimum absolute atomic E-state index is 0.316. The predicted molar refractivity (Wildman–Crippen MR) is 95.4 cm³/mol. The number of nitrogens with zero attached hydrogens (tertiary/aromatic N) is 2. The number of anilines is 2. The number of hydrogen-bond acceptors (Lipinski definition) is 4. The van der Waals surface area contributed by atoms with Crippen LogP contribution in [0.3, 0.4) is 0 Å². The summed E-state index contributed by atoms with van der Waals surface area (Å²) in [7, 11) is 0. The lowest BCUT2D eigenvalue weighted by atomic mass is 10.1. The van der Waals surface area contributed by atoms with E-state index >= 15 is 0 Å². The van der Waals surface area contributed by atoms with Gasteiger partial charge >= 0.3 is 0 Å². The zero-order chi connectivity index (χ0) is 17.6. The molecule has 1 aliphatic rings. The van der Waals surface area contributed by atoms with Crippen molar-refractivity contribution in [3.8, 4) is 5.75 Å². The van der Waals surface area contributed by atoms with E-state index in [1.54, 1.807) is 25.3 Å². The van der Waals surface area contributed by atoms with Gasteiger partial charge < -0.3 is 15.0 Å². The third-order valence-electron chi connectivity index (χ3n) is 4.20. The van der Waals surface area contributed by atoms with E-state index in [0.717, 1.165) is 18.8 Å². The van der Waals surface area contributed by atoms with Gasteiger partial charge in [-0.05, 0) is 50.5 Å². The molecule has 2 aromatic rings. The summed E-state index contributed by atoms with van der Waals surface area (Å²) in [6, 6.07) is 9.47. The normalized spacial score (nSPS) is 15.5. The van der Waals surface area contributed by atoms with E-state index in [1.165, 1.54) is 37.5 Å². The van der Waals surface area contributed by atoms with E-state index in [-0.39, 0.29) is 5.91 Å². The number of pyridine rings is 1. The van der Waals surface area contributed by atoms with Crippen LogP contribution in [0, 0.1) is 5.82 Å². The van der Waals surface area contributed by atoms with E-state index < -0.39 is 11.9 Å². The highest BCUT2D eigenvalue weighted by molar-refractivity contribution is 5.93. The van der Waals surface area contributed by atoms with Crippen molar-refractivity contribution in [1.82, 2.24) is 4.98 Å². The molecule has 1 aliphatic heterocycles. The largest absolute Gasteiger partial charge is 0.481 e. The Balaban J connectivity index is 1.56. The average molecular weight is 343 g/mol. The average Bonchev–Trinajstić information content (AvgIpc) is 2.63. The topological polar surface area (TPSA) is 54.5 Å². The van der Waals surface area contributed by atoms with Gasteiger partial charge in [-0.3, -0.25) is 4.79 Å². The molecule has 5 nitrogen and oxygen atoms in total. The van der Waals surface area contributed by atoms with Crippen LogP contribution in [0.25, 0.3) is 0 Å². The van der Waals surface area contributed by atoms with Crippen molar-refractivity contribution < 1.29 is 13.9 Å². The number of ether oxygens (including phenoxy) is 1. The van der Waals surface area contributed by atoms with Crippen LogP contribution >= 0.6 is 0 Å². The van der Waals surface area contributed by atoms with Crippen molar-refractivity contribution in [2.75, 3.05) is 23.3 Å². The molecule has 0 saturated carbocycles. The molecule has 1 saturated heterocycles. The van der Waals surface area contributed by atoms with E-state index in [2.05, 4.69) is 15.2 Å². The Hall–Kier alpha value is -2.63. The summed E-state index contributed by atoms with van der Waals surface area (Å²) in [6.07, 6.45) is 4.70. The molecule has 1 aromatic heterocycles. The van der Waals surface area contributed by atoms with E-state index in [9.17, 15) is 9.18 Å². The molecule has 0 aliphatic carbocycles.